The van der Waals surface area contributed by atoms with Crippen molar-refractivity contribution in [2.45, 2.75) is 19.8 Å². The summed E-state index contributed by atoms with van der Waals surface area (Å²) in [7, 11) is 0. The molecule has 0 aromatic heterocycles. The first-order chi connectivity index (χ1) is 6.75. The standard InChI is InChI=1S/C13H12O/c1-10(14)13-4-2-3-12(9-13)8-7-11-5-6-11/h2-4,9,11H,5-6H2,1H3. The number of ketones is 1. The van der Waals surface area contributed by atoms with E-state index in [4.69, 9.17) is 0 Å². The summed E-state index contributed by atoms with van der Waals surface area (Å²) < 4.78 is 0. The van der Waals surface area contributed by atoms with E-state index in [1.165, 1.54) is 12.8 Å². The second-order valence-electron chi connectivity index (χ2n) is 3.68. The summed E-state index contributed by atoms with van der Waals surface area (Å²) in [4.78, 5) is 11.1. The van der Waals surface area contributed by atoms with Crippen molar-refractivity contribution in [3.63, 3.8) is 0 Å². The molecule has 1 aromatic rings. The molecule has 0 bridgehead atoms. The highest BCUT2D eigenvalue weighted by Crippen LogP contribution is 2.27. The van der Waals surface area contributed by atoms with Crippen LogP contribution in [-0.2, 0) is 0 Å². The van der Waals surface area contributed by atoms with Gasteiger partial charge in [-0.25, -0.2) is 0 Å². The van der Waals surface area contributed by atoms with Crippen LogP contribution in [0.15, 0.2) is 24.3 Å². The normalized spacial score (nSPS) is 14.4. The molecule has 2 rings (SSSR count). The van der Waals surface area contributed by atoms with Crippen molar-refractivity contribution in [1.82, 2.24) is 0 Å². The predicted octanol–water partition coefficient (Wildman–Crippen LogP) is 2.65. The number of rotatable bonds is 1. The first-order valence-electron chi connectivity index (χ1n) is 4.88. The molecule has 1 aromatic carbocycles. The fourth-order valence-electron chi connectivity index (χ4n) is 1.23. The molecule has 0 amide bonds. The van der Waals surface area contributed by atoms with Crippen molar-refractivity contribution in [3.05, 3.63) is 35.4 Å². The van der Waals surface area contributed by atoms with Gasteiger partial charge in [0.05, 0.1) is 0 Å². The first kappa shape index (κ1) is 9.02. The summed E-state index contributed by atoms with van der Waals surface area (Å²) in [6, 6.07) is 7.51. The molecule has 0 N–H and O–H groups in total. The molecule has 1 aliphatic rings. The monoisotopic (exact) mass is 184 g/mol. The van der Waals surface area contributed by atoms with E-state index in [0.717, 1.165) is 11.1 Å². The Hall–Kier alpha value is -1.55. The van der Waals surface area contributed by atoms with Crippen LogP contribution in [0.2, 0.25) is 0 Å². The Balaban J connectivity index is 2.22. The zero-order valence-electron chi connectivity index (χ0n) is 8.21. The lowest BCUT2D eigenvalue weighted by Crippen LogP contribution is -1.91. The second kappa shape index (κ2) is 3.67. The van der Waals surface area contributed by atoms with Gasteiger partial charge in [0.15, 0.2) is 5.78 Å². The van der Waals surface area contributed by atoms with Crippen LogP contribution in [-0.4, -0.2) is 5.78 Å². The maximum Gasteiger partial charge on any atom is 0.159 e. The van der Waals surface area contributed by atoms with Crippen LogP contribution < -0.4 is 0 Å². The van der Waals surface area contributed by atoms with Gasteiger partial charge in [0.25, 0.3) is 0 Å². The predicted molar refractivity (Wildman–Crippen MR) is 56.0 cm³/mol. The number of carbonyl (C=O) groups excluding carboxylic acids is 1. The van der Waals surface area contributed by atoms with Gasteiger partial charge in [-0.1, -0.05) is 24.0 Å². The molecule has 0 heterocycles. The maximum absolute atomic E-state index is 11.1. The van der Waals surface area contributed by atoms with Crippen LogP contribution in [0, 0.1) is 17.8 Å². The molecule has 1 fully saturated rings. The molecule has 14 heavy (non-hydrogen) atoms. The van der Waals surface area contributed by atoms with Gasteiger partial charge in [-0.05, 0) is 31.9 Å². The summed E-state index contributed by atoms with van der Waals surface area (Å²) in [6.07, 6.45) is 2.47. The van der Waals surface area contributed by atoms with Crippen LogP contribution in [0.4, 0.5) is 0 Å². The average molecular weight is 184 g/mol. The Morgan fingerprint density at radius 1 is 1.43 bits per heavy atom. The van der Waals surface area contributed by atoms with Crippen molar-refractivity contribution in [2.75, 3.05) is 0 Å². The number of benzene rings is 1. The van der Waals surface area contributed by atoms with Gasteiger partial charge in [-0.15, -0.1) is 0 Å². The Bertz CT molecular complexity index is 416. The molecular formula is C13H12O. The van der Waals surface area contributed by atoms with E-state index in [1.807, 2.05) is 24.3 Å². The Kier molecular flexibility index (Phi) is 2.37. The third-order valence-electron chi connectivity index (χ3n) is 2.27. The molecule has 1 aliphatic carbocycles. The summed E-state index contributed by atoms with van der Waals surface area (Å²) >= 11 is 0. The van der Waals surface area contributed by atoms with Crippen molar-refractivity contribution in [1.29, 1.82) is 0 Å². The first-order valence-corrected chi connectivity index (χ1v) is 4.88. The largest absolute Gasteiger partial charge is 0.295 e. The fourth-order valence-corrected chi connectivity index (χ4v) is 1.23. The average Bonchev–Trinajstić information content (AvgIpc) is 2.99. The lowest BCUT2D eigenvalue weighted by molar-refractivity contribution is 0.101. The van der Waals surface area contributed by atoms with Crippen molar-refractivity contribution in [2.24, 2.45) is 5.92 Å². The SMILES string of the molecule is CC(=O)c1cccc(C#CC2CC2)c1. The molecule has 0 saturated heterocycles. The molecule has 0 spiro atoms. The van der Waals surface area contributed by atoms with Crippen molar-refractivity contribution in [3.8, 4) is 11.8 Å². The van der Waals surface area contributed by atoms with E-state index >= 15 is 0 Å². The molecule has 0 atom stereocenters. The van der Waals surface area contributed by atoms with E-state index in [1.54, 1.807) is 6.92 Å². The second-order valence-corrected chi connectivity index (χ2v) is 3.68. The van der Waals surface area contributed by atoms with Crippen LogP contribution in [0.3, 0.4) is 0 Å². The highest BCUT2D eigenvalue weighted by atomic mass is 16.1. The molecule has 0 radical (unpaired) electrons. The fraction of sp³-hybridized carbons (Fsp3) is 0.308. The van der Waals surface area contributed by atoms with Crippen LogP contribution >= 0.6 is 0 Å². The lowest BCUT2D eigenvalue weighted by Gasteiger charge is -1.95. The van der Waals surface area contributed by atoms with Crippen LogP contribution in [0.25, 0.3) is 0 Å². The molecule has 0 aliphatic heterocycles. The molecule has 1 heteroatoms. The maximum atomic E-state index is 11.1. The summed E-state index contributed by atoms with van der Waals surface area (Å²) in [5, 5.41) is 0. The highest BCUT2D eigenvalue weighted by molar-refractivity contribution is 5.94. The quantitative estimate of drug-likeness (QED) is 0.484. The Labute approximate surface area is 84.1 Å². The van der Waals surface area contributed by atoms with E-state index < -0.39 is 0 Å². The minimum atomic E-state index is 0.0973. The summed E-state index contributed by atoms with van der Waals surface area (Å²) in [6.45, 7) is 1.58. The molecule has 70 valence electrons. The zero-order valence-corrected chi connectivity index (χ0v) is 8.21. The van der Waals surface area contributed by atoms with Crippen LogP contribution in [0.5, 0.6) is 0 Å². The van der Waals surface area contributed by atoms with Gasteiger partial charge >= 0.3 is 0 Å². The Morgan fingerprint density at radius 2 is 2.21 bits per heavy atom. The third kappa shape index (κ3) is 2.23. The smallest absolute Gasteiger partial charge is 0.159 e. The lowest BCUT2D eigenvalue weighted by atomic mass is 10.1. The topological polar surface area (TPSA) is 17.1 Å². The van der Waals surface area contributed by atoms with Gasteiger partial charge in [0.1, 0.15) is 0 Å². The molecule has 0 unspecified atom stereocenters. The van der Waals surface area contributed by atoms with Gasteiger partial charge in [-0.3, -0.25) is 4.79 Å². The van der Waals surface area contributed by atoms with Gasteiger partial charge in [0.2, 0.25) is 0 Å². The number of hydrogen-bond donors (Lipinski definition) is 0. The highest BCUT2D eigenvalue weighted by Gasteiger charge is 2.17. The van der Waals surface area contributed by atoms with E-state index in [9.17, 15) is 4.79 Å². The summed E-state index contributed by atoms with van der Waals surface area (Å²) in [5.74, 6) is 6.98. The van der Waals surface area contributed by atoms with Gasteiger partial charge in [0, 0.05) is 17.0 Å². The van der Waals surface area contributed by atoms with E-state index in [-0.39, 0.29) is 5.78 Å². The number of hydrogen-bond acceptors (Lipinski definition) is 1. The number of carbonyl (C=O) groups is 1. The minimum absolute atomic E-state index is 0.0973. The van der Waals surface area contributed by atoms with Gasteiger partial charge < -0.3 is 0 Å². The minimum Gasteiger partial charge on any atom is -0.295 e. The van der Waals surface area contributed by atoms with E-state index in [0.29, 0.717) is 5.92 Å². The molecule has 1 nitrogen and oxygen atoms in total. The number of Topliss-reactive ketones (excluding diaryl/α,β-unsaturated/α-hetero) is 1. The van der Waals surface area contributed by atoms with E-state index in [2.05, 4.69) is 11.8 Å². The third-order valence-corrected chi connectivity index (χ3v) is 2.27. The Morgan fingerprint density at radius 3 is 2.86 bits per heavy atom. The van der Waals surface area contributed by atoms with Gasteiger partial charge in [-0.2, -0.15) is 0 Å². The zero-order chi connectivity index (χ0) is 9.97. The molecular weight excluding hydrogens is 172 g/mol. The van der Waals surface area contributed by atoms with Crippen molar-refractivity contribution < 1.29 is 4.79 Å². The van der Waals surface area contributed by atoms with Crippen molar-refractivity contribution >= 4 is 5.78 Å². The summed E-state index contributed by atoms with van der Waals surface area (Å²) in [5.41, 5.74) is 1.69. The van der Waals surface area contributed by atoms with Crippen LogP contribution in [0.1, 0.15) is 35.7 Å². The molecule has 1 saturated carbocycles.